The van der Waals surface area contributed by atoms with Gasteiger partial charge in [0.25, 0.3) is 6.47 Å². The summed E-state index contributed by atoms with van der Waals surface area (Å²) in [5, 5.41) is 0. The quantitative estimate of drug-likeness (QED) is 0.371. The zero-order valence-electron chi connectivity index (χ0n) is 7.98. The lowest BCUT2D eigenvalue weighted by molar-refractivity contribution is -0.152. The molecule has 0 rings (SSSR count). The van der Waals surface area contributed by atoms with Gasteiger partial charge in [0.2, 0.25) is 6.29 Å². The average molecular weight is 190 g/mol. The lowest BCUT2D eigenvalue weighted by Gasteiger charge is -2.11. The molecule has 0 aromatic rings. The Morgan fingerprint density at radius 3 is 2.46 bits per heavy atom. The van der Waals surface area contributed by atoms with E-state index in [0.717, 1.165) is 0 Å². The van der Waals surface area contributed by atoms with Crippen molar-refractivity contribution in [2.45, 2.75) is 27.1 Å². The van der Waals surface area contributed by atoms with Crippen LogP contribution in [0, 0.1) is 5.92 Å². The van der Waals surface area contributed by atoms with Crippen LogP contribution in [0.2, 0.25) is 0 Å². The Morgan fingerprint density at radius 2 is 2.00 bits per heavy atom. The Balaban J connectivity index is 3.55. The molecule has 76 valence electrons. The third-order valence-corrected chi connectivity index (χ3v) is 1.04. The first-order valence-electron chi connectivity index (χ1n) is 3.98. The Labute approximate surface area is 77.0 Å². The highest BCUT2D eigenvalue weighted by Gasteiger charge is 2.10. The lowest BCUT2D eigenvalue weighted by Crippen LogP contribution is -2.19. The second-order valence-corrected chi connectivity index (χ2v) is 2.87. The molecule has 0 bridgehead atoms. The normalized spacial score (nSPS) is 12.0. The molecule has 0 saturated heterocycles. The van der Waals surface area contributed by atoms with Crippen LogP contribution in [0.4, 0.5) is 4.79 Å². The fraction of sp³-hybridized carbons (Fsp3) is 0.750. The summed E-state index contributed by atoms with van der Waals surface area (Å²) in [6, 6.07) is 0. The molecule has 0 radical (unpaired) electrons. The molecule has 0 heterocycles. The fourth-order valence-corrected chi connectivity index (χ4v) is 0.510. The van der Waals surface area contributed by atoms with Crippen molar-refractivity contribution in [3.63, 3.8) is 0 Å². The number of ether oxygens (including phenoxy) is 3. The second kappa shape index (κ2) is 6.28. The van der Waals surface area contributed by atoms with Gasteiger partial charge in [-0.15, -0.1) is 0 Å². The Morgan fingerprint density at radius 1 is 1.38 bits per heavy atom. The van der Waals surface area contributed by atoms with Crippen molar-refractivity contribution in [2.24, 2.45) is 5.92 Å². The molecule has 0 aromatic carbocycles. The second-order valence-electron chi connectivity index (χ2n) is 2.87. The maximum Gasteiger partial charge on any atom is 0.511 e. The predicted molar refractivity (Wildman–Crippen MR) is 43.9 cm³/mol. The molecule has 0 aliphatic carbocycles. The largest absolute Gasteiger partial charge is 0.511 e. The van der Waals surface area contributed by atoms with E-state index in [4.69, 9.17) is 0 Å². The summed E-state index contributed by atoms with van der Waals surface area (Å²) in [5.74, 6) is 0.245. The van der Waals surface area contributed by atoms with Crippen LogP contribution in [0.1, 0.15) is 20.8 Å². The van der Waals surface area contributed by atoms with E-state index in [2.05, 4.69) is 14.2 Å². The van der Waals surface area contributed by atoms with Gasteiger partial charge in [-0.1, -0.05) is 13.8 Å². The molecule has 0 N–H and O–H groups in total. The molecule has 0 saturated carbocycles. The monoisotopic (exact) mass is 190 g/mol. The van der Waals surface area contributed by atoms with E-state index in [9.17, 15) is 9.59 Å². The van der Waals surface area contributed by atoms with Gasteiger partial charge < -0.3 is 14.2 Å². The summed E-state index contributed by atoms with van der Waals surface area (Å²) < 4.78 is 13.5. The summed E-state index contributed by atoms with van der Waals surface area (Å²) in [4.78, 5) is 20.6. The summed E-state index contributed by atoms with van der Waals surface area (Å²) >= 11 is 0. The van der Waals surface area contributed by atoms with Gasteiger partial charge in [0, 0.05) is 6.92 Å². The first kappa shape index (κ1) is 11.7. The van der Waals surface area contributed by atoms with Gasteiger partial charge >= 0.3 is 6.16 Å². The van der Waals surface area contributed by atoms with Gasteiger partial charge in [0.15, 0.2) is 0 Å². The molecule has 0 fully saturated rings. The minimum absolute atomic E-state index is 0.209. The van der Waals surface area contributed by atoms with E-state index in [1.807, 2.05) is 13.8 Å². The number of hydrogen-bond donors (Lipinski definition) is 0. The van der Waals surface area contributed by atoms with Gasteiger partial charge in [0.1, 0.15) is 0 Å². The predicted octanol–water partition coefficient (Wildman–Crippen LogP) is 1.31. The van der Waals surface area contributed by atoms with E-state index in [1.54, 1.807) is 0 Å². The number of hydrogen-bond acceptors (Lipinski definition) is 5. The van der Waals surface area contributed by atoms with Crippen LogP contribution in [-0.2, 0) is 19.0 Å². The minimum Gasteiger partial charge on any atom is -0.434 e. The topological polar surface area (TPSA) is 61.8 Å². The molecule has 0 aliphatic rings. The van der Waals surface area contributed by atoms with Crippen molar-refractivity contribution in [3.8, 4) is 0 Å². The highest BCUT2D eigenvalue weighted by atomic mass is 16.8. The van der Waals surface area contributed by atoms with Gasteiger partial charge in [-0.3, -0.25) is 4.79 Å². The van der Waals surface area contributed by atoms with Crippen molar-refractivity contribution >= 4 is 12.6 Å². The van der Waals surface area contributed by atoms with Crippen LogP contribution in [0.15, 0.2) is 0 Å². The van der Waals surface area contributed by atoms with Crippen LogP contribution >= 0.6 is 0 Å². The first-order chi connectivity index (χ1) is 6.06. The standard InChI is InChI=1S/C8H14O5/c1-6(2)4-11-8(10)13-7(3)12-5-9/h5-7H,4H2,1-3H3. The number of carbonyl (C=O) groups is 2. The highest BCUT2D eigenvalue weighted by Crippen LogP contribution is 1.98. The molecule has 5 heteroatoms. The summed E-state index contributed by atoms with van der Waals surface area (Å²) in [5.41, 5.74) is 0. The SMILES string of the molecule is CC(C)COC(=O)OC(C)OC=O. The Hall–Kier alpha value is -1.26. The van der Waals surface area contributed by atoms with Crippen LogP contribution in [-0.4, -0.2) is 25.5 Å². The van der Waals surface area contributed by atoms with Crippen LogP contribution in [0.3, 0.4) is 0 Å². The van der Waals surface area contributed by atoms with Gasteiger partial charge in [-0.2, -0.15) is 0 Å². The fourth-order valence-electron chi connectivity index (χ4n) is 0.510. The van der Waals surface area contributed by atoms with E-state index < -0.39 is 12.4 Å². The molecular formula is C8H14O5. The molecule has 0 aromatic heterocycles. The first-order valence-corrected chi connectivity index (χ1v) is 3.98. The third kappa shape index (κ3) is 7.11. The summed E-state index contributed by atoms with van der Waals surface area (Å²) in [6.07, 6.45) is -1.74. The molecule has 1 unspecified atom stereocenters. The molecule has 13 heavy (non-hydrogen) atoms. The molecule has 0 aliphatic heterocycles. The van der Waals surface area contributed by atoms with E-state index in [0.29, 0.717) is 0 Å². The van der Waals surface area contributed by atoms with Crippen LogP contribution in [0.25, 0.3) is 0 Å². The van der Waals surface area contributed by atoms with Crippen LogP contribution < -0.4 is 0 Å². The van der Waals surface area contributed by atoms with Crippen molar-refractivity contribution in [3.05, 3.63) is 0 Å². The van der Waals surface area contributed by atoms with Gasteiger partial charge in [-0.05, 0) is 5.92 Å². The zero-order chi connectivity index (χ0) is 10.3. The maximum atomic E-state index is 10.8. The highest BCUT2D eigenvalue weighted by molar-refractivity contribution is 5.60. The van der Waals surface area contributed by atoms with Crippen molar-refractivity contribution in [2.75, 3.05) is 6.61 Å². The molecule has 0 amide bonds. The van der Waals surface area contributed by atoms with E-state index in [1.165, 1.54) is 6.92 Å². The number of carbonyl (C=O) groups excluding carboxylic acids is 2. The smallest absolute Gasteiger partial charge is 0.434 e. The summed E-state index contributed by atoms with van der Waals surface area (Å²) in [7, 11) is 0. The summed E-state index contributed by atoms with van der Waals surface area (Å²) in [6.45, 7) is 5.72. The molecule has 0 spiro atoms. The van der Waals surface area contributed by atoms with Gasteiger partial charge in [-0.25, -0.2) is 4.79 Å². The average Bonchev–Trinajstić information content (AvgIpc) is 2.01. The van der Waals surface area contributed by atoms with E-state index in [-0.39, 0.29) is 19.0 Å². The Kier molecular flexibility index (Phi) is 5.67. The van der Waals surface area contributed by atoms with Crippen molar-refractivity contribution < 1.29 is 23.8 Å². The molecule has 1 atom stereocenters. The maximum absolute atomic E-state index is 10.8. The van der Waals surface area contributed by atoms with Crippen LogP contribution in [0.5, 0.6) is 0 Å². The van der Waals surface area contributed by atoms with Gasteiger partial charge in [0.05, 0.1) is 6.61 Å². The van der Waals surface area contributed by atoms with Crippen molar-refractivity contribution in [1.29, 1.82) is 0 Å². The molecular weight excluding hydrogens is 176 g/mol. The minimum atomic E-state index is -0.905. The third-order valence-electron chi connectivity index (χ3n) is 1.04. The molecule has 5 nitrogen and oxygen atoms in total. The van der Waals surface area contributed by atoms with Crippen molar-refractivity contribution in [1.82, 2.24) is 0 Å². The zero-order valence-corrected chi connectivity index (χ0v) is 7.98. The lowest BCUT2D eigenvalue weighted by atomic mass is 10.2. The Bertz CT molecular complexity index is 166. The number of rotatable bonds is 5. The van der Waals surface area contributed by atoms with E-state index >= 15 is 0 Å².